The third-order valence-corrected chi connectivity index (χ3v) is 3.45. The summed E-state index contributed by atoms with van der Waals surface area (Å²) >= 11 is 0. The van der Waals surface area contributed by atoms with E-state index in [-0.39, 0.29) is 23.8 Å². The number of carbonyl (C=O) groups is 1. The zero-order valence-corrected chi connectivity index (χ0v) is 12.4. The fourth-order valence-electron chi connectivity index (χ4n) is 2.35. The molecule has 4 nitrogen and oxygen atoms in total. The Morgan fingerprint density at radius 2 is 1.92 bits per heavy atom. The molecule has 3 aromatic rings. The summed E-state index contributed by atoms with van der Waals surface area (Å²) in [7, 11) is 0. The number of hydrogen-bond donors (Lipinski definition) is 2. The van der Waals surface area contributed by atoms with Crippen LogP contribution < -0.4 is 10.1 Å². The standard InChI is InChI=1S/C17H13F3N2O2/c18-17(19,20)24-15-4-2-1-3-13(15)10-22-16(23)12-5-6-14-11(9-12)7-8-21-14/h1-9,21H,10H2,(H,22,23). The maximum absolute atomic E-state index is 12.4. The molecule has 3 rings (SSSR count). The summed E-state index contributed by atoms with van der Waals surface area (Å²) in [4.78, 5) is 15.2. The van der Waals surface area contributed by atoms with Gasteiger partial charge in [0, 0.05) is 34.8 Å². The van der Waals surface area contributed by atoms with Crippen LogP contribution in [0.5, 0.6) is 5.75 Å². The van der Waals surface area contributed by atoms with Gasteiger partial charge in [-0.25, -0.2) is 0 Å². The maximum atomic E-state index is 12.4. The lowest BCUT2D eigenvalue weighted by Gasteiger charge is -2.13. The highest BCUT2D eigenvalue weighted by molar-refractivity contribution is 5.98. The number of halogens is 3. The van der Waals surface area contributed by atoms with E-state index >= 15 is 0 Å². The molecule has 0 radical (unpaired) electrons. The third-order valence-electron chi connectivity index (χ3n) is 3.45. The number of aromatic nitrogens is 1. The van der Waals surface area contributed by atoms with E-state index in [4.69, 9.17) is 0 Å². The van der Waals surface area contributed by atoms with Crippen molar-refractivity contribution in [2.24, 2.45) is 0 Å². The number of rotatable bonds is 4. The molecule has 0 aliphatic rings. The minimum absolute atomic E-state index is 0.0732. The molecule has 0 fully saturated rings. The van der Waals surface area contributed by atoms with Crippen LogP contribution in [-0.2, 0) is 6.54 Å². The summed E-state index contributed by atoms with van der Waals surface area (Å²) < 4.78 is 41.1. The van der Waals surface area contributed by atoms with Crippen molar-refractivity contribution in [1.29, 1.82) is 0 Å². The molecule has 0 aliphatic heterocycles. The van der Waals surface area contributed by atoms with E-state index in [1.54, 1.807) is 30.5 Å². The SMILES string of the molecule is O=C(NCc1ccccc1OC(F)(F)F)c1ccc2[nH]ccc2c1. The van der Waals surface area contributed by atoms with Crippen molar-refractivity contribution in [3.63, 3.8) is 0 Å². The van der Waals surface area contributed by atoms with Crippen LogP contribution in [0.3, 0.4) is 0 Å². The molecule has 0 unspecified atom stereocenters. The van der Waals surface area contributed by atoms with Gasteiger partial charge in [-0.1, -0.05) is 18.2 Å². The van der Waals surface area contributed by atoms with Crippen LogP contribution in [0.1, 0.15) is 15.9 Å². The highest BCUT2D eigenvalue weighted by Gasteiger charge is 2.31. The van der Waals surface area contributed by atoms with Crippen molar-refractivity contribution in [3.05, 3.63) is 65.9 Å². The number of nitrogens with one attached hydrogen (secondary N) is 2. The number of carbonyl (C=O) groups excluding carboxylic acids is 1. The smallest absolute Gasteiger partial charge is 0.405 e. The van der Waals surface area contributed by atoms with Gasteiger partial charge in [0.2, 0.25) is 0 Å². The Morgan fingerprint density at radius 3 is 2.71 bits per heavy atom. The normalized spacial score (nSPS) is 11.5. The van der Waals surface area contributed by atoms with Crippen LogP contribution in [0.4, 0.5) is 13.2 Å². The topological polar surface area (TPSA) is 54.1 Å². The second-order valence-electron chi connectivity index (χ2n) is 5.12. The molecule has 24 heavy (non-hydrogen) atoms. The van der Waals surface area contributed by atoms with E-state index in [1.807, 2.05) is 6.07 Å². The van der Waals surface area contributed by atoms with Crippen molar-refractivity contribution < 1.29 is 22.7 Å². The van der Waals surface area contributed by atoms with E-state index in [9.17, 15) is 18.0 Å². The van der Waals surface area contributed by atoms with Crippen LogP contribution in [0, 0.1) is 0 Å². The summed E-state index contributed by atoms with van der Waals surface area (Å²) in [6.45, 7) is -0.0732. The molecule has 124 valence electrons. The number of amides is 1. The van der Waals surface area contributed by atoms with Crippen molar-refractivity contribution in [2.75, 3.05) is 0 Å². The Kier molecular flexibility index (Phi) is 4.16. The Balaban J connectivity index is 1.72. The second-order valence-corrected chi connectivity index (χ2v) is 5.12. The number of ether oxygens (including phenoxy) is 1. The van der Waals surface area contributed by atoms with Crippen LogP contribution >= 0.6 is 0 Å². The highest BCUT2D eigenvalue weighted by atomic mass is 19.4. The van der Waals surface area contributed by atoms with Gasteiger partial charge >= 0.3 is 6.36 Å². The number of hydrogen-bond acceptors (Lipinski definition) is 2. The van der Waals surface area contributed by atoms with Gasteiger partial charge in [0.15, 0.2) is 0 Å². The molecule has 0 spiro atoms. The van der Waals surface area contributed by atoms with Gasteiger partial charge in [0.05, 0.1) is 0 Å². The molecular formula is C17H13F3N2O2. The molecule has 1 aromatic heterocycles. The van der Waals surface area contributed by atoms with Gasteiger partial charge in [-0.15, -0.1) is 13.2 Å². The number of para-hydroxylation sites is 1. The number of alkyl halides is 3. The Bertz CT molecular complexity index is 871. The fraction of sp³-hybridized carbons (Fsp3) is 0.118. The van der Waals surface area contributed by atoms with Crippen LogP contribution in [0.15, 0.2) is 54.7 Å². The van der Waals surface area contributed by atoms with E-state index in [2.05, 4.69) is 15.0 Å². The minimum atomic E-state index is -4.78. The van der Waals surface area contributed by atoms with Gasteiger partial charge in [-0.2, -0.15) is 0 Å². The van der Waals surface area contributed by atoms with Crippen LogP contribution in [0.2, 0.25) is 0 Å². The molecule has 0 bridgehead atoms. The van der Waals surface area contributed by atoms with Crippen LogP contribution in [-0.4, -0.2) is 17.3 Å². The Morgan fingerprint density at radius 1 is 1.12 bits per heavy atom. The lowest BCUT2D eigenvalue weighted by Crippen LogP contribution is -2.24. The lowest BCUT2D eigenvalue weighted by molar-refractivity contribution is -0.274. The average Bonchev–Trinajstić information content (AvgIpc) is 2.99. The first-order valence-corrected chi connectivity index (χ1v) is 7.11. The first-order valence-electron chi connectivity index (χ1n) is 7.11. The predicted octanol–water partition coefficient (Wildman–Crippen LogP) is 4.00. The summed E-state index contributed by atoms with van der Waals surface area (Å²) in [5.74, 6) is -0.703. The zero-order valence-electron chi connectivity index (χ0n) is 12.4. The third kappa shape index (κ3) is 3.68. The molecule has 0 atom stereocenters. The van der Waals surface area contributed by atoms with E-state index in [1.165, 1.54) is 18.2 Å². The molecule has 7 heteroatoms. The first-order chi connectivity index (χ1) is 11.4. The summed E-state index contributed by atoms with van der Waals surface area (Å²) in [5.41, 5.74) is 1.57. The first kappa shape index (κ1) is 15.9. The summed E-state index contributed by atoms with van der Waals surface area (Å²) in [6, 6.07) is 12.6. The fourth-order valence-corrected chi connectivity index (χ4v) is 2.35. The Hall–Kier alpha value is -2.96. The molecule has 0 saturated carbocycles. The van der Waals surface area contributed by atoms with E-state index in [0.29, 0.717) is 5.56 Å². The predicted molar refractivity (Wildman–Crippen MR) is 82.6 cm³/mol. The van der Waals surface area contributed by atoms with Crippen molar-refractivity contribution in [1.82, 2.24) is 10.3 Å². The summed E-state index contributed by atoms with van der Waals surface area (Å²) in [5, 5.41) is 3.48. The number of H-pyrrole nitrogens is 1. The van der Waals surface area contributed by atoms with Gasteiger partial charge in [-0.05, 0) is 30.3 Å². The average molecular weight is 334 g/mol. The molecular weight excluding hydrogens is 321 g/mol. The minimum Gasteiger partial charge on any atom is -0.405 e. The van der Waals surface area contributed by atoms with Crippen LogP contribution in [0.25, 0.3) is 10.9 Å². The van der Waals surface area contributed by atoms with Crippen molar-refractivity contribution in [2.45, 2.75) is 12.9 Å². The van der Waals surface area contributed by atoms with Crippen molar-refractivity contribution >= 4 is 16.8 Å². The Labute approximate surface area is 135 Å². The van der Waals surface area contributed by atoms with Gasteiger partial charge in [0.25, 0.3) is 5.91 Å². The number of aromatic amines is 1. The number of fused-ring (bicyclic) bond motifs is 1. The molecule has 0 saturated heterocycles. The molecule has 1 amide bonds. The molecule has 1 heterocycles. The quantitative estimate of drug-likeness (QED) is 0.758. The molecule has 0 aliphatic carbocycles. The number of benzene rings is 2. The maximum Gasteiger partial charge on any atom is 0.573 e. The molecule has 2 N–H and O–H groups in total. The largest absolute Gasteiger partial charge is 0.573 e. The van der Waals surface area contributed by atoms with Gasteiger partial charge in [-0.3, -0.25) is 4.79 Å². The lowest BCUT2D eigenvalue weighted by atomic mass is 10.1. The van der Waals surface area contributed by atoms with E-state index in [0.717, 1.165) is 10.9 Å². The highest BCUT2D eigenvalue weighted by Crippen LogP contribution is 2.26. The zero-order chi connectivity index (χ0) is 17.2. The second kappa shape index (κ2) is 6.27. The van der Waals surface area contributed by atoms with Crippen molar-refractivity contribution in [3.8, 4) is 5.75 Å². The monoisotopic (exact) mass is 334 g/mol. The van der Waals surface area contributed by atoms with Gasteiger partial charge < -0.3 is 15.0 Å². The molecule has 2 aromatic carbocycles. The van der Waals surface area contributed by atoms with Gasteiger partial charge in [0.1, 0.15) is 5.75 Å². The summed E-state index contributed by atoms with van der Waals surface area (Å²) in [6.07, 6.45) is -3.02. The van der Waals surface area contributed by atoms with E-state index < -0.39 is 6.36 Å².